The van der Waals surface area contributed by atoms with Crippen LogP contribution in [-0.4, -0.2) is 37.1 Å². The topological polar surface area (TPSA) is 15.3 Å². The Morgan fingerprint density at radius 3 is 2.00 bits per heavy atom. The molecule has 1 saturated carbocycles. The molecule has 0 amide bonds. The Labute approximate surface area is 121 Å². The van der Waals surface area contributed by atoms with Gasteiger partial charge in [-0.2, -0.15) is 0 Å². The lowest BCUT2D eigenvalue weighted by molar-refractivity contribution is 0.0303. The number of rotatable bonds is 8. The van der Waals surface area contributed by atoms with Gasteiger partial charge in [-0.25, -0.2) is 0 Å². The first-order valence-electron chi connectivity index (χ1n) is 8.53. The van der Waals surface area contributed by atoms with Gasteiger partial charge in [0.15, 0.2) is 0 Å². The minimum atomic E-state index is 0.393. The molecule has 0 aromatic heterocycles. The summed E-state index contributed by atoms with van der Waals surface area (Å²) in [5.41, 5.74) is 0.393. The van der Waals surface area contributed by atoms with Crippen molar-refractivity contribution in [2.24, 2.45) is 5.92 Å². The maximum Gasteiger partial charge on any atom is 0.0359 e. The van der Waals surface area contributed by atoms with E-state index in [9.17, 15) is 0 Å². The lowest BCUT2D eigenvalue weighted by atomic mass is 9.70. The molecule has 114 valence electrons. The van der Waals surface area contributed by atoms with E-state index >= 15 is 0 Å². The number of hydrogen-bond acceptors (Lipinski definition) is 2. The lowest BCUT2D eigenvalue weighted by Gasteiger charge is -2.51. The van der Waals surface area contributed by atoms with Crippen molar-refractivity contribution in [2.45, 2.75) is 83.7 Å². The molecule has 0 aromatic rings. The summed E-state index contributed by atoms with van der Waals surface area (Å²) >= 11 is 0. The molecule has 1 aliphatic carbocycles. The van der Waals surface area contributed by atoms with Crippen LogP contribution in [0.3, 0.4) is 0 Å². The molecule has 0 spiro atoms. The van der Waals surface area contributed by atoms with E-state index in [0.29, 0.717) is 11.6 Å². The van der Waals surface area contributed by atoms with E-state index in [4.69, 9.17) is 0 Å². The van der Waals surface area contributed by atoms with Crippen molar-refractivity contribution in [1.29, 1.82) is 0 Å². The van der Waals surface area contributed by atoms with Gasteiger partial charge < -0.3 is 10.2 Å². The van der Waals surface area contributed by atoms with Crippen molar-refractivity contribution < 1.29 is 0 Å². The van der Waals surface area contributed by atoms with Crippen molar-refractivity contribution >= 4 is 0 Å². The number of nitrogens with one attached hydrogen (secondary N) is 1. The van der Waals surface area contributed by atoms with Gasteiger partial charge in [-0.1, -0.05) is 52.9 Å². The summed E-state index contributed by atoms with van der Waals surface area (Å²) in [6.45, 7) is 8.17. The van der Waals surface area contributed by atoms with E-state index in [-0.39, 0.29) is 0 Å². The maximum absolute atomic E-state index is 3.92. The zero-order valence-corrected chi connectivity index (χ0v) is 14.0. The van der Waals surface area contributed by atoms with Crippen LogP contribution in [0.1, 0.15) is 72.1 Å². The molecule has 1 unspecified atom stereocenters. The Bertz CT molecular complexity index is 227. The second kappa shape index (κ2) is 8.26. The maximum atomic E-state index is 3.92. The van der Waals surface area contributed by atoms with E-state index in [0.717, 1.165) is 12.5 Å². The van der Waals surface area contributed by atoms with Crippen LogP contribution in [-0.2, 0) is 0 Å². The quantitative estimate of drug-likeness (QED) is 0.714. The number of likely N-dealkylation sites (N-methyl/N-ethyl adjacent to an activating group) is 1. The second-order valence-electron chi connectivity index (χ2n) is 6.57. The molecule has 0 heterocycles. The first kappa shape index (κ1) is 17.0. The minimum Gasteiger partial charge on any atom is -0.312 e. The first-order valence-corrected chi connectivity index (χ1v) is 8.53. The highest BCUT2D eigenvalue weighted by Gasteiger charge is 2.43. The Morgan fingerprint density at radius 2 is 1.58 bits per heavy atom. The van der Waals surface area contributed by atoms with Crippen molar-refractivity contribution in [1.82, 2.24) is 10.2 Å². The molecule has 0 bridgehead atoms. The van der Waals surface area contributed by atoms with Crippen molar-refractivity contribution in [2.75, 3.05) is 20.6 Å². The standard InChI is InChI=1S/C17H36N2/c1-6-14-18-16(15(7-2)8-3)17(19(4)5)12-10-9-11-13-17/h15-16,18H,6-14H2,1-5H3. The molecular formula is C17H36N2. The largest absolute Gasteiger partial charge is 0.312 e. The predicted molar refractivity (Wildman–Crippen MR) is 85.7 cm³/mol. The molecule has 19 heavy (non-hydrogen) atoms. The molecule has 2 heteroatoms. The fraction of sp³-hybridized carbons (Fsp3) is 1.00. The Hall–Kier alpha value is -0.0800. The fourth-order valence-electron chi connectivity index (χ4n) is 4.06. The van der Waals surface area contributed by atoms with Crippen LogP contribution >= 0.6 is 0 Å². The average molecular weight is 268 g/mol. The van der Waals surface area contributed by atoms with Gasteiger partial charge in [-0.15, -0.1) is 0 Å². The van der Waals surface area contributed by atoms with E-state index < -0.39 is 0 Å². The molecule has 0 radical (unpaired) electrons. The number of nitrogens with zero attached hydrogens (tertiary/aromatic N) is 1. The van der Waals surface area contributed by atoms with Crippen LogP contribution in [0.2, 0.25) is 0 Å². The van der Waals surface area contributed by atoms with Crippen molar-refractivity contribution in [3.05, 3.63) is 0 Å². The monoisotopic (exact) mass is 268 g/mol. The van der Waals surface area contributed by atoms with Gasteiger partial charge in [0.25, 0.3) is 0 Å². The van der Waals surface area contributed by atoms with Crippen LogP contribution in [0.15, 0.2) is 0 Å². The molecular weight excluding hydrogens is 232 g/mol. The molecule has 1 rings (SSSR count). The molecule has 0 aromatic carbocycles. The first-order chi connectivity index (χ1) is 9.12. The van der Waals surface area contributed by atoms with Crippen LogP contribution in [0.25, 0.3) is 0 Å². The average Bonchev–Trinajstić information content (AvgIpc) is 2.44. The summed E-state index contributed by atoms with van der Waals surface area (Å²) in [6, 6.07) is 0.665. The summed E-state index contributed by atoms with van der Waals surface area (Å²) in [6.07, 6.45) is 10.8. The molecule has 1 N–H and O–H groups in total. The van der Waals surface area contributed by atoms with Gasteiger partial charge in [-0.3, -0.25) is 0 Å². The van der Waals surface area contributed by atoms with Crippen molar-refractivity contribution in [3.63, 3.8) is 0 Å². The van der Waals surface area contributed by atoms with Gasteiger partial charge in [0.05, 0.1) is 0 Å². The molecule has 0 saturated heterocycles. The van der Waals surface area contributed by atoms with Gasteiger partial charge in [-0.05, 0) is 45.8 Å². The molecule has 1 fully saturated rings. The second-order valence-corrected chi connectivity index (χ2v) is 6.57. The fourth-order valence-corrected chi connectivity index (χ4v) is 4.06. The van der Waals surface area contributed by atoms with Crippen LogP contribution in [0.5, 0.6) is 0 Å². The Kier molecular flexibility index (Phi) is 7.38. The highest BCUT2D eigenvalue weighted by Crippen LogP contribution is 2.39. The van der Waals surface area contributed by atoms with Gasteiger partial charge in [0.2, 0.25) is 0 Å². The SMILES string of the molecule is CCCNC(C(CC)CC)C1(N(C)C)CCCCC1. The van der Waals surface area contributed by atoms with Crippen LogP contribution in [0, 0.1) is 5.92 Å². The highest BCUT2D eigenvalue weighted by molar-refractivity contribution is 5.02. The third kappa shape index (κ3) is 3.95. The smallest absolute Gasteiger partial charge is 0.0359 e. The number of hydrogen-bond donors (Lipinski definition) is 1. The zero-order chi connectivity index (χ0) is 14.3. The minimum absolute atomic E-state index is 0.393. The van der Waals surface area contributed by atoms with E-state index in [1.165, 1.54) is 51.4 Å². The predicted octanol–water partition coefficient (Wildman–Crippen LogP) is 4.06. The summed E-state index contributed by atoms with van der Waals surface area (Å²) in [4.78, 5) is 2.54. The summed E-state index contributed by atoms with van der Waals surface area (Å²) in [7, 11) is 4.60. The Balaban J connectivity index is 2.94. The Morgan fingerprint density at radius 1 is 1.00 bits per heavy atom. The molecule has 0 aliphatic heterocycles. The molecule has 1 aliphatic rings. The lowest BCUT2D eigenvalue weighted by Crippen LogP contribution is -2.62. The van der Waals surface area contributed by atoms with E-state index in [2.05, 4.69) is 45.1 Å². The van der Waals surface area contributed by atoms with E-state index in [1.807, 2.05) is 0 Å². The summed E-state index contributed by atoms with van der Waals surface area (Å²) in [5.74, 6) is 0.812. The third-order valence-electron chi connectivity index (χ3n) is 5.32. The summed E-state index contributed by atoms with van der Waals surface area (Å²) < 4.78 is 0. The third-order valence-corrected chi connectivity index (χ3v) is 5.32. The normalized spacial score (nSPS) is 21.0. The van der Waals surface area contributed by atoms with Gasteiger partial charge >= 0.3 is 0 Å². The van der Waals surface area contributed by atoms with Gasteiger partial charge in [0.1, 0.15) is 0 Å². The highest BCUT2D eigenvalue weighted by atomic mass is 15.2. The van der Waals surface area contributed by atoms with E-state index in [1.54, 1.807) is 0 Å². The van der Waals surface area contributed by atoms with Crippen LogP contribution in [0.4, 0.5) is 0 Å². The summed E-state index contributed by atoms with van der Waals surface area (Å²) in [5, 5.41) is 3.92. The molecule has 1 atom stereocenters. The zero-order valence-electron chi connectivity index (χ0n) is 14.0. The van der Waals surface area contributed by atoms with Crippen molar-refractivity contribution in [3.8, 4) is 0 Å². The van der Waals surface area contributed by atoms with Gasteiger partial charge in [0, 0.05) is 11.6 Å². The molecule has 2 nitrogen and oxygen atoms in total. The van der Waals surface area contributed by atoms with Crippen LogP contribution < -0.4 is 5.32 Å².